The molecule has 0 spiro atoms. The second-order valence-corrected chi connectivity index (χ2v) is 7.29. The van der Waals surface area contributed by atoms with Gasteiger partial charge in [0.15, 0.2) is 0 Å². The van der Waals surface area contributed by atoms with E-state index in [1.165, 1.54) is 5.56 Å². The highest BCUT2D eigenvalue weighted by Gasteiger charge is 2.12. The molecule has 146 valence electrons. The highest BCUT2D eigenvalue weighted by molar-refractivity contribution is 5.79. The fraction of sp³-hybridized carbons (Fsp3) is 0.200. The Labute approximate surface area is 171 Å². The quantitative estimate of drug-likeness (QED) is 0.517. The van der Waals surface area contributed by atoms with Gasteiger partial charge in [-0.2, -0.15) is 0 Å². The van der Waals surface area contributed by atoms with E-state index < -0.39 is 0 Å². The molecule has 3 aromatic carbocycles. The van der Waals surface area contributed by atoms with E-state index in [2.05, 4.69) is 40.2 Å². The van der Waals surface area contributed by atoms with Gasteiger partial charge in [0.05, 0.1) is 17.5 Å². The van der Waals surface area contributed by atoms with Crippen LogP contribution in [0.2, 0.25) is 0 Å². The number of carbonyl (C=O) groups excluding carboxylic acids is 1. The van der Waals surface area contributed by atoms with Gasteiger partial charge in [-0.25, -0.2) is 4.98 Å². The van der Waals surface area contributed by atoms with Gasteiger partial charge in [0.1, 0.15) is 5.82 Å². The molecule has 0 fully saturated rings. The van der Waals surface area contributed by atoms with Crippen LogP contribution in [-0.2, 0) is 24.2 Å². The number of imidazole rings is 1. The molecule has 0 atom stereocenters. The maximum absolute atomic E-state index is 12.4. The number of hydrogen-bond donors (Lipinski definition) is 1. The van der Waals surface area contributed by atoms with Gasteiger partial charge in [0, 0.05) is 19.5 Å². The van der Waals surface area contributed by atoms with Gasteiger partial charge < -0.3 is 9.88 Å². The largest absolute Gasteiger partial charge is 0.355 e. The van der Waals surface area contributed by atoms with Gasteiger partial charge >= 0.3 is 0 Å². The third kappa shape index (κ3) is 4.54. The number of fused-ring (bicyclic) bond motifs is 1. The van der Waals surface area contributed by atoms with Crippen molar-refractivity contribution >= 4 is 16.9 Å². The summed E-state index contributed by atoms with van der Waals surface area (Å²) >= 11 is 0. The molecule has 1 amide bonds. The predicted molar refractivity (Wildman–Crippen MR) is 117 cm³/mol. The van der Waals surface area contributed by atoms with E-state index >= 15 is 0 Å². The Balaban J connectivity index is 1.45. The van der Waals surface area contributed by atoms with E-state index in [1.54, 1.807) is 0 Å². The zero-order valence-corrected chi connectivity index (χ0v) is 16.6. The number of aryl methyl sites for hydroxylation is 1. The lowest BCUT2D eigenvalue weighted by molar-refractivity contribution is -0.120. The summed E-state index contributed by atoms with van der Waals surface area (Å²) in [5.41, 5.74) is 5.57. The Morgan fingerprint density at radius 1 is 0.931 bits per heavy atom. The zero-order chi connectivity index (χ0) is 20.1. The fourth-order valence-corrected chi connectivity index (χ4v) is 3.62. The van der Waals surface area contributed by atoms with Crippen LogP contribution in [0.4, 0.5) is 0 Å². The van der Waals surface area contributed by atoms with Crippen LogP contribution < -0.4 is 5.32 Å². The van der Waals surface area contributed by atoms with Gasteiger partial charge in [0.25, 0.3) is 0 Å². The number of amides is 1. The monoisotopic (exact) mass is 383 g/mol. The standard InChI is InChI=1S/C25H25N3O/c1-19-9-5-6-12-21(19)17-25(29)26-16-15-24-27-22-13-7-8-14-23(22)28(24)18-20-10-3-2-4-11-20/h2-14H,15-18H2,1H3,(H,26,29). The molecule has 1 N–H and O–H groups in total. The van der Waals surface area contributed by atoms with E-state index in [0.29, 0.717) is 19.4 Å². The molecule has 4 nitrogen and oxygen atoms in total. The van der Waals surface area contributed by atoms with Crippen LogP contribution in [0.5, 0.6) is 0 Å². The van der Waals surface area contributed by atoms with Crippen molar-refractivity contribution in [3.8, 4) is 0 Å². The van der Waals surface area contributed by atoms with Gasteiger partial charge in [-0.3, -0.25) is 4.79 Å². The van der Waals surface area contributed by atoms with Crippen LogP contribution in [0.1, 0.15) is 22.5 Å². The highest BCUT2D eigenvalue weighted by Crippen LogP contribution is 2.18. The maximum atomic E-state index is 12.4. The highest BCUT2D eigenvalue weighted by atomic mass is 16.1. The summed E-state index contributed by atoms with van der Waals surface area (Å²) in [5.74, 6) is 1.04. The van der Waals surface area contributed by atoms with E-state index in [4.69, 9.17) is 4.98 Å². The Hall–Kier alpha value is -3.40. The minimum absolute atomic E-state index is 0.0463. The van der Waals surface area contributed by atoms with Crippen molar-refractivity contribution in [3.05, 3.63) is 101 Å². The molecule has 4 aromatic rings. The third-order valence-electron chi connectivity index (χ3n) is 5.20. The number of benzene rings is 3. The van der Waals surface area contributed by atoms with E-state index in [-0.39, 0.29) is 5.91 Å². The summed E-state index contributed by atoms with van der Waals surface area (Å²) in [6.45, 7) is 3.38. The average Bonchev–Trinajstić information content (AvgIpc) is 3.08. The fourth-order valence-electron chi connectivity index (χ4n) is 3.62. The number of hydrogen-bond acceptors (Lipinski definition) is 2. The summed E-state index contributed by atoms with van der Waals surface area (Å²) in [6.07, 6.45) is 1.11. The van der Waals surface area contributed by atoms with Crippen LogP contribution in [0, 0.1) is 6.92 Å². The minimum atomic E-state index is 0.0463. The van der Waals surface area contributed by atoms with Crippen molar-refractivity contribution in [1.82, 2.24) is 14.9 Å². The number of nitrogens with zero attached hydrogens (tertiary/aromatic N) is 2. The van der Waals surface area contributed by atoms with E-state index in [0.717, 1.165) is 34.5 Å². The Morgan fingerprint density at radius 2 is 1.66 bits per heavy atom. The van der Waals surface area contributed by atoms with Crippen LogP contribution in [0.25, 0.3) is 11.0 Å². The van der Waals surface area contributed by atoms with E-state index in [9.17, 15) is 4.79 Å². The molecule has 0 aliphatic carbocycles. The normalized spacial score (nSPS) is 10.9. The number of rotatable bonds is 7. The molecule has 4 heteroatoms. The summed E-state index contributed by atoms with van der Waals surface area (Å²) in [6, 6.07) is 26.6. The second kappa shape index (κ2) is 8.74. The molecular weight excluding hydrogens is 358 g/mol. The topological polar surface area (TPSA) is 46.9 Å². The van der Waals surface area contributed by atoms with Crippen LogP contribution in [-0.4, -0.2) is 22.0 Å². The molecule has 0 radical (unpaired) electrons. The van der Waals surface area contributed by atoms with Crippen molar-refractivity contribution in [2.45, 2.75) is 26.3 Å². The molecule has 4 rings (SSSR count). The number of nitrogens with one attached hydrogen (secondary N) is 1. The van der Waals surface area contributed by atoms with Crippen molar-refractivity contribution in [3.63, 3.8) is 0 Å². The minimum Gasteiger partial charge on any atom is -0.355 e. The first-order valence-corrected chi connectivity index (χ1v) is 10.00. The molecule has 29 heavy (non-hydrogen) atoms. The molecule has 0 unspecified atom stereocenters. The molecular formula is C25H25N3O. The number of aromatic nitrogens is 2. The molecule has 0 aliphatic heterocycles. The molecule has 0 saturated heterocycles. The Kier molecular flexibility index (Phi) is 5.71. The lowest BCUT2D eigenvalue weighted by atomic mass is 10.1. The Morgan fingerprint density at radius 3 is 2.48 bits per heavy atom. The molecule has 1 heterocycles. The summed E-state index contributed by atoms with van der Waals surface area (Å²) in [5, 5.41) is 3.05. The van der Waals surface area contributed by atoms with Crippen molar-refractivity contribution in [2.24, 2.45) is 0 Å². The SMILES string of the molecule is Cc1ccccc1CC(=O)NCCc1nc2ccccc2n1Cc1ccccc1. The van der Waals surface area contributed by atoms with Crippen molar-refractivity contribution in [1.29, 1.82) is 0 Å². The smallest absolute Gasteiger partial charge is 0.224 e. The predicted octanol–water partition coefficient (Wildman–Crippen LogP) is 4.29. The van der Waals surface area contributed by atoms with Crippen LogP contribution >= 0.6 is 0 Å². The lowest BCUT2D eigenvalue weighted by Crippen LogP contribution is -2.28. The number of carbonyl (C=O) groups is 1. The zero-order valence-electron chi connectivity index (χ0n) is 16.6. The second-order valence-electron chi connectivity index (χ2n) is 7.29. The molecule has 0 aliphatic rings. The van der Waals surface area contributed by atoms with Gasteiger partial charge in [-0.15, -0.1) is 0 Å². The Bertz CT molecular complexity index is 1120. The first-order valence-electron chi connectivity index (χ1n) is 10.00. The summed E-state index contributed by atoms with van der Waals surface area (Å²) in [7, 11) is 0. The summed E-state index contributed by atoms with van der Waals surface area (Å²) < 4.78 is 2.25. The van der Waals surface area contributed by atoms with Crippen LogP contribution in [0.3, 0.4) is 0 Å². The van der Waals surface area contributed by atoms with Gasteiger partial charge in [0.2, 0.25) is 5.91 Å². The number of para-hydroxylation sites is 2. The molecule has 1 aromatic heterocycles. The third-order valence-corrected chi connectivity index (χ3v) is 5.20. The van der Waals surface area contributed by atoms with Gasteiger partial charge in [-0.05, 0) is 35.7 Å². The van der Waals surface area contributed by atoms with Crippen molar-refractivity contribution in [2.75, 3.05) is 6.54 Å². The maximum Gasteiger partial charge on any atom is 0.224 e. The van der Waals surface area contributed by atoms with Gasteiger partial charge in [-0.1, -0.05) is 66.7 Å². The lowest BCUT2D eigenvalue weighted by Gasteiger charge is -2.11. The van der Waals surface area contributed by atoms with Crippen LogP contribution in [0.15, 0.2) is 78.9 Å². The first-order chi connectivity index (χ1) is 14.2. The molecule has 0 saturated carbocycles. The van der Waals surface area contributed by atoms with E-state index in [1.807, 2.05) is 55.5 Å². The first kappa shape index (κ1) is 18.9. The average molecular weight is 383 g/mol. The summed E-state index contributed by atoms with van der Waals surface area (Å²) in [4.78, 5) is 17.2. The molecule has 0 bridgehead atoms. The van der Waals surface area contributed by atoms with Crippen molar-refractivity contribution < 1.29 is 4.79 Å².